The predicted molar refractivity (Wildman–Crippen MR) is 111 cm³/mol. The van der Waals surface area contributed by atoms with Crippen LogP contribution in [0.4, 0.5) is 10.3 Å². The third kappa shape index (κ3) is 5.63. The zero-order valence-electron chi connectivity index (χ0n) is 16.4. The molecule has 0 saturated heterocycles. The van der Waals surface area contributed by atoms with Gasteiger partial charge < -0.3 is 14.6 Å². The van der Waals surface area contributed by atoms with E-state index in [0.717, 1.165) is 5.56 Å². The minimum atomic E-state index is -1.05. The fourth-order valence-corrected chi connectivity index (χ4v) is 3.55. The van der Waals surface area contributed by atoms with Crippen LogP contribution in [-0.4, -0.2) is 44.7 Å². The summed E-state index contributed by atoms with van der Waals surface area (Å²) in [5.74, 6) is -0.413. The second-order valence-corrected chi connectivity index (χ2v) is 7.70. The number of hydrogen-bond donors (Lipinski definition) is 1. The normalized spacial score (nSPS) is 10.8. The topological polar surface area (TPSA) is 101 Å². The maximum Gasteiger partial charge on any atom is 0.323 e. The molecule has 10 heteroatoms. The second kappa shape index (κ2) is 9.49. The van der Waals surface area contributed by atoms with Gasteiger partial charge in [-0.2, -0.15) is 4.98 Å². The minimum absolute atomic E-state index is 0.238. The van der Waals surface area contributed by atoms with Crippen LogP contribution in [-0.2, 0) is 23.5 Å². The third-order valence-corrected chi connectivity index (χ3v) is 5.16. The number of thioether (sulfide) groups is 1. The summed E-state index contributed by atoms with van der Waals surface area (Å²) >= 11 is 1.22. The van der Waals surface area contributed by atoms with Crippen LogP contribution in [0, 0.1) is 5.82 Å². The van der Waals surface area contributed by atoms with E-state index in [1.54, 1.807) is 29.4 Å². The molecular formula is C20H20FN5O3S. The summed E-state index contributed by atoms with van der Waals surface area (Å²) in [6.07, 6.45) is 5.00. The highest BCUT2D eigenvalue weighted by atomic mass is 32.2. The first-order chi connectivity index (χ1) is 14.3. The molecule has 0 radical (unpaired) electrons. The zero-order valence-corrected chi connectivity index (χ0v) is 17.3. The lowest BCUT2D eigenvalue weighted by molar-refractivity contribution is -0.137. The molecule has 2 aromatic heterocycles. The van der Waals surface area contributed by atoms with Gasteiger partial charge in [-0.3, -0.25) is 9.59 Å². The minimum Gasteiger partial charge on any atom is -0.480 e. The molecule has 8 nitrogen and oxygen atoms in total. The zero-order chi connectivity index (χ0) is 21.7. The van der Waals surface area contributed by atoms with Crippen LogP contribution in [0.25, 0.3) is 0 Å². The Kier molecular flexibility index (Phi) is 6.78. The third-order valence-electron chi connectivity index (χ3n) is 4.10. The number of nitrogens with zero attached hydrogens (tertiary/aromatic N) is 5. The van der Waals surface area contributed by atoms with Crippen molar-refractivity contribution in [1.29, 1.82) is 0 Å². The van der Waals surface area contributed by atoms with E-state index < -0.39 is 11.5 Å². The lowest BCUT2D eigenvalue weighted by atomic mass is 10.1. The van der Waals surface area contributed by atoms with Gasteiger partial charge in [0.25, 0.3) is 5.56 Å². The van der Waals surface area contributed by atoms with Gasteiger partial charge >= 0.3 is 5.97 Å². The molecule has 0 bridgehead atoms. The maximum absolute atomic E-state index is 13.1. The highest BCUT2D eigenvalue weighted by molar-refractivity contribution is 7.98. The van der Waals surface area contributed by atoms with Crippen LogP contribution in [0.3, 0.4) is 0 Å². The molecule has 1 aromatic carbocycles. The molecule has 0 fully saturated rings. The van der Waals surface area contributed by atoms with Crippen LogP contribution < -0.4 is 10.5 Å². The van der Waals surface area contributed by atoms with Crippen molar-refractivity contribution in [2.24, 2.45) is 0 Å². The molecule has 0 saturated carbocycles. The number of halogens is 1. The van der Waals surface area contributed by atoms with Gasteiger partial charge in [-0.25, -0.2) is 14.4 Å². The first-order valence-electron chi connectivity index (χ1n) is 8.99. The largest absolute Gasteiger partial charge is 0.480 e. The number of carbonyl (C=O) groups is 1. The summed E-state index contributed by atoms with van der Waals surface area (Å²) < 4.78 is 14.5. The quantitative estimate of drug-likeness (QED) is 0.430. The number of rotatable bonds is 8. The summed E-state index contributed by atoms with van der Waals surface area (Å²) in [5.41, 5.74) is 1.46. The summed E-state index contributed by atoms with van der Waals surface area (Å²) in [5, 5.41) is 9.52. The number of aliphatic carboxylic acids is 1. The first-order valence-corrected chi connectivity index (χ1v) is 9.98. The van der Waals surface area contributed by atoms with Gasteiger partial charge in [0.2, 0.25) is 5.95 Å². The molecule has 3 aromatic rings. The summed E-state index contributed by atoms with van der Waals surface area (Å²) in [7, 11) is 3.65. The van der Waals surface area contributed by atoms with Gasteiger partial charge in [0.1, 0.15) is 12.4 Å². The van der Waals surface area contributed by atoms with Crippen molar-refractivity contribution in [3.63, 3.8) is 0 Å². The predicted octanol–water partition coefficient (Wildman–Crippen LogP) is 2.21. The summed E-state index contributed by atoms with van der Waals surface area (Å²) in [6, 6.07) is 5.96. The van der Waals surface area contributed by atoms with Gasteiger partial charge in [-0.05, 0) is 23.3 Å². The Morgan fingerprint density at radius 1 is 1.17 bits per heavy atom. The van der Waals surface area contributed by atoms with Crippen molar-refractivity contribution in [3.05, 3.63) is 75.7 Å². The Balaban J connectivity index is 1.83. The molecule has 156 valence electrons. The molecular weight excluding hydrogens is 409 g/mol. The Bertz CT molecular complexity index is 1090. The van der Waals surface area contributed by atoms with Gasteiger partial charge in [-0.1, -0.05) is 23.9 Å². The highest BCUT2D eigenvalue weighted by Gasteiger charge is 2.13. The molecule has 0 spiro atoms. The van der Waals surface area contributed by atoms with Gasteiger partial charge in [0.15, 0.2) is 5.16 Å². The fourth-order valence-electron chi connectivity index (χ4n) is 2.64. The summed E-state index contributed by atoms with van der Waals surface area (Å²) in [4.78, 5) is 38.1. The second-order valence-electron chi connectivity index (χ2n) is 6.75. The standard InChI is InChI=1S/C20H20FN5O3S/c1-25(2)19-22-8-14(9-23-19)7-15-10-26(11-17(27)28)20(24-18(15)29)30-12-13-3-5-16(21)6-4-13/h3-6,8-10H,7,11-12H2,1-2H3,(H,27,28). The van der Waals surface area contributed by atoms with E-state index >= 15 is 0 Å². The van der Waals surface area contributed by atoms with Crippen molar-refractivity contribution in [3.8, 4) is 0 Å². The van der Waals surface area contributed by atoms with E-state index in [1.807, 2.05) is 14.1 Å². The smallest absolute Gasteiger partial charge is 0.323 e. The van der Waals surface area contributed by atoms with Crippen molar-refractivity contribution in [2.75, 3.05) is 19.0 Å². The molecule has 30 heavy (non-hydrogen) atoms. The first kappa shape index (κ1) is 21.4. The van der Waals surface area contributed by atoms with Crippen LogP contribution >= 0.6 is 11.8 Å². The number of anilines is 1. The molecule has 0 aliphatic heterocycles. The van der Waals surface area contributed by atoms with Crippen LogP contribution in [0.5, 0.6) is 0 Å². The SMILES string of the molecule is CN(C)c1ncc(Cc2cn(CC(=O)O)c(SCc3ccc(F)cc3)nc2=O)cn1. The Morgan fingerprint density at radius 2 is 1.83 bits per heavy atom. The van der Waals surface area contributed by atoms with Crippen molar-refractivity contribution in [2.45, 2.75) is 23.9 Å². The molecule has 0 aliphatic carbocycles. The average molecular weight is 429 g/mol. The van der Waals surface area contributed by atoms with E-state index in [2.05, 4.69) is 15.0 Å². The number of carboxylic acids is 1. The molecule has 0 atom stereocenters. The van der Waals surface area contributed by atoms with E-state index in [-0.39, 0.29) is 23.9 Å². The lowest BCUT2D eigenvalue weighted by Crippen LogP contribution is -2.22. The molecule has 0 unspecified atom stereocenters. The van der Waals surface area contributed by atoms with E-state index in [1.165, 1.54) is 34.7 Å². The molecule has 3 rings (SSSR count). The molecule has 2 heterocycles. The van der Waals surface area contributed by atoms with E-state index in [0.29, 0.717) is 22.8 Å². The van der Waals surface area contributed by atoms with Crippen LogP contribution in [0.15, 0.2) is 52.8 Å². The number of aromatic nitrogens is 4. The van der Waals surface area contributed by atoms with E-state index in [4.69, 9.17) is 0 Å². The molecule has 0 aliphatic rings. The Hall–Kier alpha value is -3.27. The monoisotopic (exact) mass is 429 g/mol. The summed E-state index contributed by atoms with van der Waals surface area (Å²) in [6.45, 7) is -0.331. The molecule has 0 amide bonds. The van der Waals surface area contributed by atoms with E-state index in [9.17, 15) is 19.1 Å². The van der Waals surface area contributed by atoms with Crippen molar-refractivity contribution < 1.29 is 14.3 Å². The highest BCUT2D eigenvalue weighted by Crippen LogP contribution is 2.21. The lowest BCUT2D eigenvalue weighted by Gasteiger charge is -2.13. The maximum atomic E-state index is 13.1. The fraction of sp³-hybridized carbons (Fsp3) is 0.250. The number of hydrogen-bond acceptors (Lipinski definition) is 7. The van der Waals surface area contributed by atoms with Crippen molar-refractivity contribution in [1.82, 2.24) is 19.5 Å². The Morgan fingerprint density at radius 3 is 2.43 bits per heavy atom. The van der Waals surface area contributed by atoms with Crippen LogP contribution in [0.1, 0.15) is 16.7 Å². The van der Waals surface area contributed by atoms with Gasteiger partial charge in [-0.15, -0.1) is 0 Å². The number of benzene rings is 1. The Labute approximate surface area is 176 Å². The number of carboxylic acid groups (broad SMARTS) is 1. The van der Waals surface area contributed by atoms with Crippen molar-refractivity contribution >= 4 is 23.7 Å². The average Bonchev–Trinajstić information content (AvgIpc) is 2.70. The van der Waals surface area contributed by atoms with Gasteiger partial charge in [0, 0.05) is 50.4 Å². The molecule has 1 N–H and O–H groups in total. The van der Waals surface area contributed by atoms with Gasteiger partial charge in [0.05, 0.1) is 0 Å². The van der Waals surface area contributed by atoms with Crippen LogP contribution in [0.2, 0.25) is 0 Å².